The molecule has 0 heterocycles. The fourth-order valence-corrected chi connectivity index (χ4v) is 3.75. The first kappa shape index (κ1) is 22.6. The predicted molar refractivity (Wildman–Crippen MR) is 135 cm³/mol. The van der Waals surface area contributed by atoms with E-state index in [4.69, 9.17) is 0 Å². The van der Waals surface area contributed by atoms with Crippen molar-refractivity contribution in [3.8, 4) is 34.1 Å². The van der Waals surface area contributed by atoms with E-state index in [9.17, 15) is 20.4 Å². The number of para-hydroxylation sites is 2. The molecule has 4 aromatic rings. The van der Waals surface area contributed by atoms with Crippen LogP contribution in [-0.2, 0) is 0 Å². The first-order chi connectivity index (χ1) is 16.4. The molecular formula is C28H24N2O4. The van der Waals surface area contributed by atoms with Gasteiger partial charge in [-0.05, 0) is 61.4 Å². The van der Waals surface area contributed by atoms with Gasteiger partial charge in [-0.2, -0.15) is 0 Å². The zero-order valence-electron chi connectivity index (χ0n) is 18.8. The molecule has 0 bridgehead atoms. The minimum atomic E-state index is -0.229. The summed E-state index contributed by atoms with van der Waals surface area (Å²) >= 11 is 0. The molecule has 0 fully saturated rings. The number of hydrogen-bond donors (Lipinski definition) is 4. The predicted octanol–water partition coefficient (Wildman–Crippen LogP) is 6.29. The molecule has 0 aromatic heterocycles. The van der Waals surface area contributed by atoms with Crippen LogP contribution in [0.25, 0.3) is 11.1 Å². The Labute approximate surface area is 197 Å². The maximum atomic E-state index is 10.1. The quantitative estimate of drug-likeness (QED) is 0.211. The summed E-state index contributed by atoms with van der Waals surface area (Å²) in [7, 11) is 0. The molecule has 0 saturated heterocycles. The number of nitrogens with zero attached hydrogens (tertiary/aromatic N) is 2. The molecule has 0 aliphatic carbocycles. The van der Waals surface area contributed by atoms with Crippen LogP contribution in [0.3, 0.4) is 0 Å². The van der Waals surface area contributed by atoms with Gasteiger partial charge < -0.3 is 20.4 Å². The highest BCUT2D eigenvalue weighted by Crippen LogP contribution is 2.41. The van der Waals surface area contributed by atoms with Crippen molar-refractivity contribution in [2.24, 2.45) is 9.98 Å². The number of phenols is 4. The van der Waals surface area contributed by atoms with E-state index in [1.165, 1.54) is 24.6 Å². The number of aliphatic imine (C=N–C) groups is 2. The summed E-state index contributed by atoms with van der Waals surface area (Å²) in [6.07, 6.45) is 3.03. The Balaban J connectivity index is 1.83. The second kappa shape index (κ2) is 9.50. The van der Waals surface area contributed by atoms with Crippen molar-refractivity contribution in [1.29, 1.82) is 0 Å². The van der Waals surface area contributed by atoms with E-state index in [-0.39, 0.29) is 23.0 Å². The highest BCUT2D eigenvalue weighted by Gasteiger charge is 2.15. The van der Waals surface area contributed by atoms with Crippen molar-refractivity contribution in [3.63, 3.8) is 0 Å². The number of rotatable bonds is 5. The summed E-state index contributed by atoms with van der Waals surface area (Å²) in [5, 5.41) is 39.8. The Morgan fingerprint density at radius 1 is 0.529 bits per heavy atom. The van der Waals surface area contributed by atoms with Gasteiger partial charge in [-0.3, -0.25) is 9.98 Å². The maximum absolute atomic E-state index is 10.1. The van der Waals surface area contributed by atoms with Crippen LogP contribution in [-0.4, -0.2) is 32.9 Å². The van der Waals surface area contributed by atoms with Gasteiger partial charge >= 0.3 is 0 Å². The SMILES string of the molecule is Cc1cccc(/N=C/c2cccc(O)c2O)c1-c1c(C)cccc1/N=C/c1cccc(O)c1O. The van der Waals surface area contributed by atoms with E-state index in [1.54, 1.807) is 24.3 Å². The van der Waals surface area contributed by atoms with Crippen LogP contribution < -0.4 is 0 Å². The van der Waals surface area contributed by atoms with Gasteiger partial charge in [0.25, 0.3) is 0 Å². The van der Waals surface area contributed by atoms with Crippen LogP contribution >= 0.6 is 0 Å². The van der Waals surface area contributed by atoms with E-state index in [1.807, 2.05) is 50.2 Å². The van der Waals surface area contributed by atoms with Gasteiger partial charge in [0.05, 0.1) is 11.4 Å². The van der Waals surface area contributed by atoms with Crippen LogP contribution in [0.2, 0.25) is 0 Å². The molecule has 6 nitrogen and oxygen atoms in total. The third-order valence-electron chi connectivity index (χ3n) is 5.53. The summed E-state index contributed by atoms with van der Waals surface area (Å²) in [4.78, 5) is 9.24. The minimum absolute atomic E-state index is 0.209. The molecule has 0 aliphatic heterocycles. The Morgan fingerprint density at radius 2 is 0.912 bits per heavy atom. The van der Waals surface area contributed by atoms with Gasteiger partial charge in [0.2, 0.25) is 0 Å². The molecule has 0 unspecified atom stereocenters. The molecule has 0 spiro atoms. The lowest BCUT2D eigenvalue weighted by Gasteiger charge is -2.15. The van der Waals surface area contributed by atoms with Gasteiger partial charge in [-0.15, -0.1) is 0 Å². The van der Waals surface area contributed by atoms with Crippen molar-refractivity contribution in [2.75, 3.05) is 0 Å². The molecule has 170 valence electrons. The topological polar surface area (TPSA) is 106 Å². The van der Waals surface area contributed by atoms with Crippen LogP contribution in [0.5, 0.6) is 23.0 Å². The highest BCUT2D eigenvalue weighted by molar-refractivity contribution is 5.94. The lowest BCUT2D eigenvalue weighted by molar-refractivity contribution is 0.403. The van der Waals surface area contributed by atoms with E-state index >= 15 is 0 Å². The van der Waals surface area contributed by atoms with Crippen LogP contribution in [0, 0.1) is 13.8 Å². The minimum Gasteiger partial charge on any atom is -0.504 e. The lowest BCUT2D eigenvalue weighted by Crippen LogP contribution is -1.91. The summed E-state index contributed by atoms with van der Waals surface area (Å²) < 4.78 is 0. The second-order valence-corrected chi connectivity index (χ2v) is 7.88. The molecule has 0 saturated carbocycles. The second-order valence-electron chi connectivity index (χ2n) is 7.88. The van der Waals surface area contributed by atoms with Crippen molar-refractivity contribution in [3.05, 3.63) is 95.1 Å². The lowest BCUT2D eigenvalue weighted by atomic mass is 9.93. The third kappa shape index (κ3) is 4.47. The number of aromatic hydroxyl groups is 4. The summed E-state index contributed by atoms with van der Waals surface area (Å²) in [5.74, 6) is -0.876. The molecule has 34 heavy (non-hydrogen) atoms. The van der Waals surface area contributed by atoms with E-state index < -0.39 is 0 Å². The van der Waals surface area contributed by atoms with Crippen LogP contribution in [0.15, 0.2) is 82.8 Å². The monoisotopic (exact) mass is 452 g/mol. The average Bonchev–Trinajstić information content (AvgIpc) is 2.82. The fraction of sp³-hybridized carbons (Fsp3) is 0.0714. The third-order valence-corrected chi connectivity index (χ3v) is 5.53. The Morgan fingerprint density at radius 3 is 1.32 bits per heavy atom. The Hall–Kier alpha value is -4.58. The molecule has 0 amide bonds. The normalized spacial score (nSPS) is 11.5. The number of hydrogen-bond acceptors (Lipinski definition) is 6. The standard InChI is InChI=1S/C28H24N2O4/c1-17-7-3-11-21(29-15-19-9-5-13-23(31)27(19)33)25(17)26-18(2)8-4-12-22(26)30-16-20-10-6-14-24(32)28(20)34/h3-16,31-34H,1-2H3/b29-15+,30-16+. The summed E-state index contributed by atoms with van der Waals surface area (Å²) in [5.41, 5.74) is 5.88. The van der Waals surface area contributed by atoms with E-state index in [0.717, 1.165) is 22.3 Å². The van der Waals surface area contributed by atoms with E-state index in [2.05, 4.69) is 9.98 Å². The molecule has 0 atom stereocenters. The van der Waals surface area contributed by atoms with Gasteiger partial charge in [-0.1, -0.05) is 36.4 Å². The smallest absolute Gasteiger partial charge is 0.166 e. The zero-order valence-corrected chi connectivity index (χ0v) is 18.8. The zero-order chi connectivity index (χ0) is 24.2. The van der Waals surface area contributed by atoms with Crippen molar-refractivity contribution in [1.82, 2.24) is 0 Å². The number of benzene rings is 4. The highest BCUT2D eigenvalue weighted by atomic mass is 16.3. The summed E-state index contributed by atoms with van der Waals surface area (Å²) in [6, 6.07) is 21.0. The first-order valence-electron chi connectivity index (χ1n) is 10.7. The van der Waals surface area contributed by atoms with Crippen molar-refractivity contribution in [2.45, 2.75) is 13.8 Å². The molecule has 6 heteroatoms. The van der Waals surface area contributed by atoms with Crippen LogP contribution in [0.4, 0.5) is 11.4 Å². The molecular weight excluding hydrogens is 428 g/mol. The summed E-state index contributed by atoms with van der Waals surface area (Å²) in [6.45, 7) is 3.97. The average molecular weight is 453 g/mol. The van der Waals surface area contributed by atoms with Gasteiger partial charge in [0.1, 0.15) is 0 Å². The molecule has 4 aromatic carbocycles. The first-order valence-corrected chi connectivity index (χ1v) is 10.7. The Bertz CT molecular complexity index is 1320. The Kier molecular flexibility index (Phi) is 6.32. The number of aryl methyl sites for hydroxylation is 2. The maximum Gasteiger partial charge on any atom is 0.166 e. The van der Waals surface area contributed by atoms with Crippen molar-refractivity contribution < 1.29 is 20.4 Å². The molecule has 4 N–H and O–H groups in total. The largest absolute Gasteiger partial charge is 0.504 e. The van der Waals surface area contributed by atoms with Crippen molar-refractivity contribution >= 4 is 23.8 Å². The molecule has 0 aliphatic rings. The van der Waals surface area contributed by atoms with Gasteiger partial charge in [-0.25, -0.2) is 0 Å². The molecule has 4 rings (SSSR count). The molecule has 0 radical (unpaired) electrons. The van der Waals surface area contributed by atoms with Gasteiger partial charge in [0.15, 0.2) is 23.0 Å². The van der Waals surface area contributed by atoms with Crippen LogP contribution in [0.1, 0.15) is 22.3 Å². The number of phenolic OH excluding ortho intramolecular Hbond substituents is 4. The fourth-order valence-electron chi connectivity index (χ4n) is 3.75. The van der Waals surface area contributed by atoms with E-state index in [0.29, 0.717) is 22.5 Å². The van der Waals surface area contributed by atoms with Gasteiger partial charge in [0, 0.05) is 34.7 Å².